The third-order valence-corrected chi connectivity index (χ3v) is 2.11. The molecule has 82 valence electrons. The summed E-state index contributed by atoms with van der Waals surface area (Å²) in [5.74, 6) is 0.0601. The lowest BCUT2D eigenvalue weighted by molar-refractivity contribution is -0.133. The van der Waals surface area contributed by atoms with Crippen molar-refractivity contribution in [2.45, 2.75) is 19.4 Å². The van der Waals surface area contributed by atoms with Crippen molar-refractivity contribution in [3.8, 4) is 0 Å². The molecule has 5 nitrogen and oxygen atoms in total. The van der Waals surface area contributed by atoms with E-state index in [9.17, 15) is 4.79 Å². The molecule has 6 heteroatoms. The van der Waals surface area contributed by atoms with Crippen LogP contribution in [-0.2, 0) is 9.53 Å². The fraction of sp³-hybridized carbons (Fsp3) is 0.444. The highest BCUT2D eigenvalue weighted by molar-refractivity contribution is 6.28. The van der Waals surface area contributed by atoms with Crippen LogP contribution in [0.3, 0.4) is 0 Å². The van der Waals surface area contributed by atoms with E-state index in [1.54, 1.807) is 19.9 Å². The molecule has 15 heavy (non-hydrogen) atoms. The molecule has 1 rings (SSSR count). The molecule has 0 saturated carbocycles. The number of hydrogen-bond acceptors (Lipinski definition) is 4. The minimum atomic E-state index is -0.905. The Balaban J connectivity index is 2.75. The fourth-order valence-corrected chi connectivity index (χ4v) is 0.911. The summed E-state index contributed by atoms with van der Waals surface area (Å²) in [5.41, 5.74) is -0.905. The monoisotopic (exact) mass is 229 g/mol. The van der Waals surface area contributed by atoms with Gasteiger partial charge in [-0.1, -0.05) is 0 Å². The Morgan fingerprint density at radius 2 is 2.27 bits per heavy atom. The highest BCUT2D eigenvalue weighted by Crippen LogP contribution is 2.12. The van der Waals surface area contributed by atoms with E-state index in [0.29, 0.717) is 5.82 Å². The summed E-state index contributed by atoms with van der Waals surface area (Å²) in [6.07, 6.45) is 1.46. The number of nitrogens with zero attached hydrogens (tertiary/aromatic N) is 2. The van der Waals surface area contributed by atoms with E-state index in [0.717, 1.165) is 0 Å². The molecule has 1 heterocycles. The van der Waals surface area contributed by atoms with Gasteiger partial charge in [-0.25, -0.2) is 9.97 Å². The van der Waals surface area contributed by atoms with E-state index in [4.69, 9.17) is 16.3 Å². The van der Waals surface area contributed by atoms with Crippen molar-refractivity contribution >= 4 is 23.3 Å². The maximum Gasteiger partial charge on any atom is 0.257 e. The first-order valence-electron chi connectivity index (χ1n) is 4.31. The van der Waals surface area contributed by atoms with Crippen molar-refractivity contribution in [3.63, 3.8) is 0 Å². The van der Waals surface area contributed by atoms with Gasteiger partial charge < -0.3 is 10.1 Å². The zero-order valence-corrected chi connectivity index (χ0v) is 9.50. The summed E-state index contributed by atoms with van der Waals surface area (Å²) in [6, 6.07) is 1.55. The number of nitrogens with one attached hydrogen (secondary N) is 1. The second-order valence-corrected chi connectivity index (χ2v) is 3.72. The van der Waals surface area contributed by atoms with Gasteiger partial charge in [-0.05, 0) is 31.5 Å². The van der Waals surface area contributed by atoms with Crippen LogP contribution in [0.5, 0.6) is 0 Å². The number of methoxy groups -OCH3 is 1. The van der Waals surface area contributed by atoms with Gasteiger partial charge in [0.05, 0.1) is 0 Å². The number of amides is 1. The molecule has 0 aliphatic heterocycles. The molecular formula is C9H12ClN3O2. The second kappa shape index (κ2) is 4.55. The minimum absolute atomic E-state index is 0.0861. The summed E-state index contributed by atoms with van der Waals surface area (Å²) in [5, 5.41) is 2.66. The van der Waals surface area contributed by atoms with Gasteiger partial charge in [0.2, 0.25) is 5.28 Å². The van der Waals surface area contributed by atoms with Gasteiger partial charge in [0.1, 0.15) is 11.4 Å². The van der Waals surface area contributed by atoms with E-state index < -0.39 is 5.60 Å². The average Bonchev–Trinajstić information content (AvgIpc) is 2.17. The lowest BCUT2D eigenvalue weighted by atomic mass is 10.1. The molecule has 0 fully saturated rings. The van der Waals surface area contributed by atoms with Crippen LogP contribution in [-0.4, -0.2) is 28.6 Å². The first-order chi connectivity index (χ1) is 6.95. The topological polar surface area (TPSA) is 64.1 Å². The highest BCUT2D eigenvalue weighted by Gasteiger charge is 2.27. The van der Waals surface area contributed by atoms with Crippen molar-refractivity contribution in [1.82, 2.24) is 9.97 Å². The van der Waals surface area contributed by atoms with Crippen molar-refractivity contribution in [2.75, 3.05) is 12.4 Å². The molecule has 1 N–H and O–H groups in total. The van der Waals surface area contributed by atoms with Crippen molar-refractivity contribution in [3.05, 3.63) is 17.5 Å². The summed E-state index contributed by atoms with van der Waals surface area (Å²) in [4.78, 5) is 19.2. The Morgan fingerprint density at radius 1 is 1.60 bits per heavy atom. The zero-order chi connectivity index (χ0) is 11.5. The largest absolute Gasteiger partial charge is 0.369 e. The van der Waals surface area contributed by atoms with E-state index in [2.05, 4.69) is 15.3 Å². The SMILES string of the molecule is COC(C)(C)C(=O)Nc1ccnc(Cl)n1. The lowest BCUT2D eigenvalue weighted by Gasteiger charge is -2.21. The molecule has 1 aromatic heterocycles. The smallest absolute Gasteiger partial charge is 0.257 e. The van der Waals surface area contributed by atoms with E-state index >= 15 is 0 Å². The standard InChI is InChI=1S/C9H12ClN3O2/c1-9(2,15-3)7(14)12-6-4-5-11-8(10)13-6/h4-5H,1-3H3,(H,11,12,13,14). The fourth-order valence-electron chi connectivity index (χ4n) is 0.764. The summed E-state index contributed by atoms with van der Waals surface area (Å²) in [7, 11) is 1.46. The Kier molecular flexibility index (Phi) is 3.60. The van der Waals surface area contributed by atoms with Gasteiger partial charge in [0, 0.05) is 13.3 Å². The third kappa shape index (κ3) is 3.14. The maximum atomic E-state index is 11.6. The number of carbonyl (C=O) groups excluding carboxylic acids is 1. The molecule has 0 aromatic carbocycles. The van der Waals surface area contributed by atoms with Crippen molar-refractivity contribution < 1.29 is 9.53 Å². The summed E-state index contributed by atoms with van der Waals surface area (Å²) in [6.45, 7) is 3.32. The number of halogens is 1. The van der Waals surface area contributed by atoms with Crippen LogP contribution >= 0.6 is 11.6 Å². The normalized spacial score (nSPS) is 11.2. The van der Waals surface area contributed by atoms with E-state index in [1.165, 1.54) is 13.3 Å². The summed E-state index contributed by atoms with van der Waals surface area (Å²) < 4.78 is 5.01. The molecule has 0 atom stereocenters. The number of rotatable bonds is 3. The summed E-state index contributed by atoms with van der Waals surface area (Å²) >= 11 is 5.57. The number of aromatic nitrogens is 2. The first kappa shape index (κ1) is 11.9. The number of hydrogen-bond donors (Lipinski definition) is 1. The highest BCUT2D eigenvalue weighted by atomic mass is 35.5. The molecule has 0 saturated heterocycles. The predicted molar refractivity (Wildman–Crippen MR) is 56.8 cm³/mol. The number of carbonyl (C=O) groups is 1. The van der Waals surface area contributed by atoms with Gasteiger partial charge in [0.25, 0.3) is 5.91 Å². The molecule has 1 amide bonds. The Bertz CT molecular complexity index is 368. The molecule has 0 radical (unpaired) electrons. The Labute approximate surface area is 92.8 Å². The van der Waals surface area contributed by atoms with Crippen LogP contribution in [0.15, 0.2) is 12.3 Å². The molecular weight excluding hydrogens is 218 g/mol. The number of ether oxygens (including phenoxy) is 1. The Hall–Kier alpha value is -1.20. The van der Waals surface area contributed by atoms with Crippen LogP contribution in [0.25, 0.3) is 0 Å². The molecule has 0 bridgehead atoms. The average molecular weight is 230 g/mol. The van der Waals surface area contributed by atoms with Crippen molar-refractivity contribution in [2.24, 2.45) is 0 Å². The molecule has 0 aliphatic carbocycles. The van der Waals surface area contributed by atoms with Crippen molar-refractivity contribution in [1.29, 1.82) is 0 Å². The van der Waals surface area contributed by atoms with Gasteiger partial charge >= 0.3 is 0 Å². The second-order valence-electron chi connectivity index (χ2n) is 3.38. The van der Waals surface area contributed by atoms with Gasteiger partial charge in [-0.2, -0.15) is 0 Å². The van der Waals surface area contributed by atoms with Crippen LogP contribution in [0.2, 0.25) is 5.28 Å². The molecule has 0 aliphatic rings. The lowest BCUT2D eigenvalue weighted by Crippen LogP contribution is -2.39. The molecule has 0 spiro atoms. The van der Waals surface area contributed by atoms with Crippen LogP contribution < -0.4 is 5.32 Å². The third-order valence-electron chi connectivity index (χ3n) is 1.92. The maximum absolute atomic E-state index is 11.6. The molecule has 1 aromatic rings. The number of anilines is 1. The van der Waals surface area contributed by atoms with Crippen LogP contribution in [0.4, 0.5) is 5.82 Å². The van der Waals surface area contributed by atoms with Crippen LogP contribution in [0, 0.1) is 0 Å². The molecule has 0 unspecified atom stereocenters. The van der Waals surface area contributed by atoms with Crippen LogP contribution in [0.1, 0.15) is 13.8 Å². The predicted octanol–water partition coefficient (Wildman–Crippen LogP) is 1.49. The van der Waals surface area contributed by atoms with Gasteiger partial charge in [-0.15, -0.1) is 0 Å². The quantitative estimate of drug-likeness (QED) is 0.798. The van der Waals surface area contributed by atoms with Gasteiger partial charge in [-0.3, -0.25) is 4.79 Å². The minimum Gasteiger partial charge on any atom is -0.369 e. The van der Waals surface area contributed by atoms with Gasteiger partial charge in [0.15, 0.2) is 0 Å². The zero-order valence-electron chi connectivity index (χ0n) is 8.74. The first-order valence-corrected chi connectivity index (χ1v) is 4.68. The Morgan fingerprint density at radius 3 is 2.80 bits per heavy atom. The van der Waals surface area contributed by atoms with E-state index in [1.807, 2.05) is 0 Å². The van der Waals surface area contributed by atoms with E-state index in [-0.39, 0.29) is 11.2 Å².